The molecule has 0 unspecified atom stereocenters. The van der Waals surface area contributed by atoms with Crippen LogP contribution < -0.4 is 14.8 Å². The fourth-order valence-electron chi connectivity index (χ4n) is 2.71. The van der Waals surface area contributed by atoms with Gasteiger partial charge in [0.25, 0.3) is 10.0 Å². The average Bonchev–Trinajstić information content (AvgIpc) is 3.29. The lowest BCUT2D eigenvalue weighted by Gasteiger charge is -2.10. The quantitative estimate of drug-likeness (QED) is 0.440. The molecule has 0 atom stereocenters. The zero-order chi connectivity index (χ0) is 22.1. The number of carbonyl (C=O) groups excluding carboxylic acids is 1. The molecule has 31 heavy (non-hydrogen) atoms. The number of nitrogens with one attached hydrogen (secondary N) is 2. The van der Waals surface area contributed by atoms with Gasteiger partial charge in [-0.25, -0.2) is 8.42 Å². The van der Waals surface area contributed by atoms with Crippen LogP contribution in [0.3, 0.4) is 0 Å². The Hall–Kier alpha value is -3.35. The predicted molar refractivity (Wildman–Crippen MR) is 121 cm³/mol. The number of benzene rings is 2. The summed E-state index contributed by atoms with van der Waals surface area (Å²) in [6, 6.07) is 19.0. The number of anilines is 2. The zero-order valence-corrected chi connectivity index (χ0v) is 18.2. The van der Waals surface area contributed by atoms with E-state index in [1.807, 2.05) is 0 Å². The number of hydrogen-bond donors (Lipinski definition) is 2. The van der Waals surface area contributed by atoms with Crippen molar-refractivity contribution in [3.63, 3.8) is 0 Å². The molecule has 3 rings (SSSR count). The van der Waals surface area contributed by atoms with Gasteiger partial charge in [0.15, 0.2) is 0 Å². The smallest absolute Gasteiger partial charge is 0.271 e. The van der Waals surface area contributed by atoms with Crippen molar-refractivity contribution < 1.29 is 17.9 Å². The number of rotatable bonds is 10. The first-order valence-electron chi connectivity index (χ1n) is 9.51. The van der Waals surface area contributed by atoms with Gasteiger partial charge in [-0.3, -0.25) is 9.52 Å². The fraction of sp³-hybridized carbons (Fsp3) is 0.182. The van der Waals surface area contributed by atoms with Crippen molar-refractivity contribution in [3.8, 4) is 11.8 Å². The predicted octanol–water partition coefficient (Wildman–Crippen LogP) is 4.41. The minimum Gasteiger partial charge on any atom is -0.493 e. The molecule has 0 spiro atoms. The van der Waals surface area contributed by atoms with Gasteiger partial charge in [0, 0.05) is 23.9 Å². The van der Waals surface area contributed by atoms with Crippen molar-refractivity contribution in [2.45, 2.75) is 23.5 Å². The molecule has 0 radical (unpaired) electrons. The number of ether oxygens (including phenoxy) is 1. The van der Waals surface area contributed by atoms with Crippen molar-refractivity contribution in [1.29, 1.82) is 5.26 Å². The van der Waals surface area contributed by atoms with E-state index in [-0.39, 0.29) is 16.5 Å². The van der Waals surface area contributed by atoms with Gasteiger partial charge < -0.3 is 10.1 Å². The normalized spacial score (nSPS) is 10.8. The molecule has 7 nitrogen and oxygen atoms in total. The van der Waals surface area contributed by atoms with E-state index in [0.29, 0.717) is 36.6 Å². The second-order valence-electron chi connectivity index (χ2n) is 6.60. The summed E-state index contributed by atoms with van der Waals surface area (Å²) in [5.74, 6) is 0.423. The monoisotopic (exact) mass is 455 g/mol. The summed E-state index contributed by atoms with van der Waals surface area (Å²) in [6.07, 6.45) is 1.22. The van der Waals surface area contributed by atoms with Crippen molar-refractivity contribution in [3.05, 3.63) is 71.6 Å². The van der Waals surface area contributed by atoms with Crippen LogP contribution in [0, 0.1) is 11.3 Å². The Balaban J connectivity index is 1.53. The van der Waals surface area contributed by atoms with Crippen LogP contribution in [0.2, 0.25) is 0 Å². The average molecular weight is 456 g/mol. The van der Waals surface area contributed by atoms with Crippen molar-refractivity contribution >= 4 is 38.6 Å². The Morgan fingerprint density at radius 3 is 2.58 bits per heavy atom. The topological polar surface area (TPSA) is 108 Å². The maximum absolute atomic E-state index is 12.4. The first-order chi connectivity index (χ1) is 15.0. The molecule has 0 aliphatic rings. The second-order valence-corrected chi connectivity index (χ2v) is 9.45. The van der Waals surface area contributed by atoms with E-state index in [2.05, 4.69) is 16.1 Å². The number of carbonyl (C=O) groups is 1. The van der Waals surface area contributed by atoms with E-state index in [0.717, 1.165) is 16.9 Å². The van der Waals surface area contributed by atoms with Crippen LogP contribution in [0.15, 0.2) is 70.3 Å². The lowest BCUT2D eigenvalue weighted by atomic mass is 10.1. The summed E-state index contributed by atoms with van der Waals surface area (Å²) in [5, 5.41) is 13.1. The third kappa shape index (κ3) is 6.84. The van der Waals surface area contributed by atoms with Gasteiger partial charge in [-0.1, -0.05) is 24.3 Å². The molecule has 2 aromatic carbocycles. The number of unbranched alkanes of at least 4 members (excludes halogenated alkanes) is 1. The number of sulfonamides is 1. The van der Waals surface area contributed by atoms with Crippen LogP contribution in [0.1, 0.15) is 18.4 Å². The minimum absolute atomic E-state index is 0.144. The highest BCUT2D eigenvalue weighted by Gasteiger charge is 2.15. The summed E-state index contributed by atoms with van der Waals surface area (Å²) in [5.41, 5.74) is 1.79. The molecule has 1 amide bonds. The first kappa shape index (κ1) is 22.3. The van der Waals surface area contributed by atoms with Crippen molar-refractivity contribution in [1.82, 2.24) is 0 Å². The maximum atomic E-state index is 12.4. The van der Waals surface area contributed by atoms with Gasteiger partial charge in [0.2, 0.25) is 5.91 Å². The standard InChI is InChI=1S/C22H21N3O4S2/c23-12-1-2-13-29-20-6-3-5-19(16-20)24-21(26)15-17-8-10-18(11-9-17)25-31(27,28)22-7-4-14-30-22/h3-11,14,16,25H,1-2,13,15H2,(H,24,26). The lowest BCUT2D eigenvalue weighted by molar-refractivity contribution is -0.115. The molecule has 1 heterocycles. The van der Waals surface area contributed by atoms with Gasteiger partial charge in [0.1, 0.15) is 9.96 Å². The van der Waals surface area contributed by atoms with Crippen LogP contribution in [0.5, 0.6) is 5.75 Å². The van der Waals surface area contributed by atoms with Crippen LogP contribution in [0.25, 0.3) is 0 Å². The molecule has 0 saturated carbocycles. The van der Waals surface area contributed by atoms with Crippen molar-refractivity contribution in [2.75, 3.05) is 16.6 Å². The number of nitriles is 1. The molecule has 3 aromatic rings. The van der Waals surface area contributed by atoms with E-state index in [4.69, 9.17) is 10.00 Å². The number of thiophene rings is 1. The zero-order valence-electron chi connectivity index (χ0n) is 16.6. The van der Waals surface area contributed by atoms with Gasteiger partial charge in [-0.05, 0) is 47.7 Å². The molecular formula is C22H21N3O4S2. The molecule has 0 aliphatic carbocycles. The molecule has 0 bridgehead atoms. The van der Waals surface area contributed by atoms with Gasteiger partial charge >= 0.3 is 0 Å². The maximum Gasteiger partial charge on any atom is 0.271 e. The van der Waals surface area contributed by atoms with Crippen LogP contribution in [-0.2, 0) is 21.2 Å². The van der Waals surface area contributed by atoms with Crippen molar-refractivity contribution in [2.24, 2.45) is 0 Å². The first-order valence-corrected chi connectivity index (χ1v) is 11.9. The van der Waals surface area contributed by atoms with Gasteiger partial charge in [0.05, 0.1) is 19.1 Å². The van der Waals surface area contributed by atoms with Gasteiger partial charge in [-0.2, -0.15) is 5.26 Å². The second kappa shape index (κ2) is 10.6. The van der Waals surface area contributed by atoms with Crippen LogP contribution in [-0.4, -0.2) is 20.9 Å². The van der Waals surface area contributed by atoms with E-state index in [1.165, 1.54) is 6.07 Å². The molecule has 0 fully saturated rings. The molecule has 1 aromatic heterocycles. The molecular weight excluding hydrogens is 434 g/mol. The molecule has 0 saturated heterocycles. The van der Waals surface area contributed by atoms with E-state index >= 15 is 0 Å². The number of hydrogen-bond acceptors (Lipinski definition) is 6. The third-order valence-electron chi connectivity index (χ3n) is 4.15. The molecule has 160 valence electrons. The highest BCUT2D eigenvalue weighted by Crippen LogP contribution is 2.21. The Bertz CT molecular complexity index is 1150. The fourth-order valence-corrected chi connectivity index (χ4v) is 4.76. The number of nitrogens with zero attached hydrogens (tertiary/aromatic N) is 1. The Morgan fingerprint density at radius 2 is 1.87 bits per heavy atom. The highest BCUT2D eigenvalue weighted by atomic mass is 32.2. The van der Waals surface area contributed by atoms with Gasteiger partial charge in [-0.15, -0.1) is 11.3 Å². The largest absolute Gasteiger partial charge is 0.493 e. The SMILES string of the molecule is N#CCCCOc1cccc(NC(=O)Cc2ccc(NS(=O)(=O)c3cccs3)cc2)c1. The third-order valence-corrected chi connectivity index (χ3v) is 6.93. The summed E-state index contributed by atoms with van der Waals surface area (Å²) < 4.78 is 32.9. The highest BCUT2D eigenvalue weighted by molar-refractivity contribution is 7.94. The molecule has 9 heteroatoms. The summed E-state index contributed by atoms with van der Waals surface area (Å²) in [6.45, 7) is 0.438. The Morgan fingerprint density at radius 1 is 1.06 bits per heavy atom. The van der Waals surface area contributed by atoms with E-state index in [9.17, 15) is 13.2 Å². The van der Waals surface area contributed by atoms with E-state index in [1.54, 1.807) is 60.0 Å². The lowest BCUT2D eigenvalue weighted by Crippen LogP contribution is -2.15. The molecule has 2 N–H and O–H groups in total. The van der Waals surface area contributed by atoms with E-state index < -0.39 is 10.0 Å². The number of amides is 1. The summed E-state index contributed by atoms with van der Waals surface area (Å²) in [4.78, 5) is 12.4. The Kier molecular flexibility index (Phi) is 7.65. The molecule has 0 aliphatic heterocycles. The minimum atomic E-state index is -3.60. The van der Waals surface area contributed by atoms with Crippen LogP contribution >= 0.6 is 11.3 Å². The summed E-state index contributed by atoms with van der Waals surface area (Å²) >= 11 is 1.14. The Labute approximate surface area is 185 Å². The van der Waals surface area contributed by atoms with Crippen LogP contribution in [0.4, 0.5) is 11.4 Å². The summed E-state index contributed by atoms with van der Waals surface area (Å²) in [7, 11) is -3.60.